The fraction of sp³-hybridized carbons (Fsp3) is 0.600. The van der Waals surface area contributed by atoms with Crippen LogP contribution in [-0.2, 0) is 22.1 Å². The van der Waals surface area contributed by atoms with Crippen molar-refractivity contribution in [3.63, 3.8) is 0 Å². The maximum atomic E-state index is 14.1. The Morgan fingerprint density at radius 1 is 1.33 bits per heavy atom. The molecule has 1 aliphatic carbocycles. The monoisotopic (exact) mass is 430 g/mol. The van der Waals surface area contributed by atoms with Gasteiger partial charge in [-0.2, -0.15) is 13.2 Å². The van der Waals surface area contributed by atoms with Crippen LogP contribution < -0.4 is 10.1 Å². The molecule has 1 aromatic rings. The van der Waals surface area contributed by atoms with E-state index in [0.717, 1.165) is 6.07 Å². The standard InChI is InChI=1S/C20H22F4N2O4/c1-2-12-3-16(15(21)4-14(12)20(22,23)24)29-9-11-7-26(8-11)17(27)13-5-19(6-13)10-30-18(28)25-19/h3-4,11,13H,2,5-10H2,1H3,(H,25,28). The number of cyclic esters (lactones) is 1. The predicted molar refractivity (Wildman–Crippen MR) is 96.3 cm³/mol. The predicted octanol–water partition coefficient (Wildman–Crippen LogP) is 3.13. The molecule has 0 atom stereocenters. The van der Waals surface area contributed by atoms with Crippen molar-refractivity contribution in [3.8, 4) is 5.75 Å². The molecular weight excluding hydrogens is 408 g/mol. The zero-order valence-corrected chi connectivity index (χ0v) is 16.4. The SMILES string of the molecule is CCc1cc(OCC2CN(C(=O)C3CC4(COC(=O)N4)C3)C2)c(F)cc1C(F)(F)F. The van der Waals surface area contributed by atoms with E-state index in [-0.39, 0.29) is 48.7 Å². The van der Waals surface area contributed by atoms with Crippen LogP contribution in [0.4, 0.5) is 22.4 Å². The number of nitrogens with one attached hydrogen (secondary N) is 1. The quantitative estimate of drug-likeness (QED) is 0.729. The first-order valence-corrected chi connectivity index (χ1v) is 9.86. The lowest BCUT2D eigenvalue weighted by molar-refractivity contribution is -0.148. The molecule has 2 aliphatic heterocycles. The number of hydrogen-bond donors (Lipinski definition) is 1. The van der Waals surface area contributed by atoms with Gasteiger partial charge in [0.05, 0.1) is 17.7 Å². The molecule has 0 radical (unpaired) electrons. The summed E-state index contributed by atoms with van der Waals surface area (Å²) in [5.74, 6) is -1.42. The van der Waals surface area contributed by atoms with Gasteiger partial charge in [-0.05, 0) is 37.0 Å². The average Bonchev–Trinajstić information content (AvgIpc) is 3.01. The van der Waals surface area contributed by atoms with Crippen molar-refractivity contribution in [1.82, 2.24) is 10.2 Å². The van der Waals surface area contributed by atoms with Crippen LogP contribution in [0.1, 0.15) is 30.9 Å². The summed E-state index contributed by atoms with van der Waals surface area (Å²) in [7, 11) is 0. The summed E-state index contributed by atoms with van der Waals surface area (Å²) >= 11 is 0. The van der Waals surface area contributed by atoms with E-state index in [1.165, 1.54) is 0 Å². The Labute approximate surface area is 170 Å². The van der Waals surface area contributed by atoms with Crippen molar-refractivity contribution >= 4 is 12.0 Å². The van der Waals surface area contributed by atoms with Gasteiger partial charge in [0.2, 0.25) is 5.91 Å². The van der Waals surface area contributed by atoms with Gasteiger partial charge in [0.1, 0.15) is 6.61 Å². The number of alkyl halides is 3. The number of benzene rings is 1. The number of ether oxygens (including phenoxy) is 2. The van der Waals surface area contributed by atoms with Crippen LogP contribution in [0.3, 0.4) is 0 Å². The van der Waals surface area contributed by atoms with Crippen molar-refractivity contribution in [1.29, 1.82) is 0 Å². The minimum absolute atomic E-state index is 0.00649. The fourth-order valence-corrected chi connectivity index (χ4v) is 4.35. The maximum absolute atomic E-state index is 14.1. The average molecular weight is 430 g/mol. The number of rotatable bonds is 5. The number of aryl methyl sites for hydroxylation is 1. The topological polar surface area (TPSA) is 67.9 Å². The number of nitrogens with zero attached hydrogens (tertiary/aromatic N) is 1. The first-order chi connectivity index (χ1) is 14.1. The summed E-state index contributed by atoms with van der Waals surface area (Å²) in [6.07, 6.45) is -3.88. The molecule has 6 nitrogen and oxygen atoms in total. The lowest BCUT2D eigenvalue weighted by atomic mass is 9.68. The highest BCUT2D eigenvalue weighted by molar-refractivity contribution is 5.82. The Morgan fingerprint density at radius 2 is 2.03 bits per heavy atom. The molecule has 4 rings (SSSR count). The second kappa shape index (κ2) is 7.31. The Morgan fingerprint density at radius 3 is 2.60 bits per heavy atom. The summed E-state index contributed by atoms with van der Waals surface area (Å²) in [5, 5.41) is 2.74. The van der Waals surface area contributed by atoms with Crippen LogP contribution in [0.5, 0.6) is 5.75 Å². The van der Waals surface area contributed by atoms with Gasteiger partial charge in [0.15, 0.2) is 11.6 Å². The molecular formula is C20H22F4N2O4. The molecule has 2 amide bonds. The fourth-order valence-electron chi connectivity index (χ4n) is 4.35. The Kier molecular flexibility index (Phi) is 5.06. The molecule has 164 valence electrons. The highest BCUT2D eigenvalue weighted by Crippen LogP contribution is 2.42. The van der Waals surface area contributed by atoms with E-state index in [1.807, 2.05) is 0 Å². The summed E-state index contributed by atoms with van der Waals surface area (Å²) in [5.41, 5.74) is -1.43. The lowest BCUT2D eigenvalue weighted by Crippen LogP contribution is -2.61. The molecule has 1 spiro atoms. The number of hydrogen-bond acceptors (Lipinski definition) is 4. The summed E-state index contributed by atoms with van der Waals surface area (Å²) in [4.78, 5) is 25.3. The third-order valence-electron chi connectivity index (χ3n) is 6.06. The van der Waals surface area contributed by atoms with Crippen LogP contribution >= 0.6 is 0 Å². The molecule has 1 N–H and O–H groups in total. The Hall–Kier alpha value is -2.52. The van der Waals surface area contributed by atoms with Crippen molar-refractivity contribution in [3.05, 3.63) is 29.1 Å². The number of halogens is 4. The van der Waals surface area contributed by atoms with Gasteiger partial charge in [-0.15, -0.1) is 0 Å². The molecule has 3 aliphatic rings. The first-order valence-electron chi connectivity index (χ1n) is 9.86. The largest absolute Gasteiger partial charge is 0.490 e. The first kappa shape index (κ1) is 20.7. The number of alkyl carbamates (subject to hydrolysis) is 1. The third-order valence-corrected chi connectivity index (χ3v) is 6.06. The van der Waals surface area contributed by atoms with Gasteiger partial charge >= 0.3 is 12.3 Å². The van der Waals surface area contributed by atoms with Crippen LogP contribution in [0.2, 0.25) is 0 Å². The summed E-state index contributed by atoms with van der Waals surface area (Å²) in [6.45, 7) is 2.87. The zero-order valence-electron chi connectivity index (χ0n) is 16.4. The van der Waals surface area contributed by atoms with Crippen LogP contribution in [0, 0.1) is 17.7 Å². The highest BCUT2D eigenvalue weighted by Gasteiger charge is 2.54. The van der Waals surface area contributed by atoms with E-state index in [9.17, 15) is 27.2 Å². The van der Waals surface area contributed by atoms with Gasteiger partial charge in [-0.25, -0.2) is 9.18 Å². The minimum atomic E-state index is -4.62. The van der Waals surface area contributed by atoms with Crippen LogP contribution in [-0.4, -0.2) is 48.7 Å². The van der Waals surface area contributed by atoms with Crippen LogP contribution in [0.25, 0.3) is 0 Å². The van der Waals surface area contributed by atoms with Gasteiger partial charge in [0, 0.05) is 24.9 Å². The molecule has 0 unspecified atom stereocenters. The number of amides is 2. The molecule has 2 saturated heterocycles. The zero-order chi connectivity index (χ0) is 21.7. The molecule has 1 aromatic carbocycles. The summed E-state index contributed by atoms with van der Waals surface area (Å²) in [6, 6.07) is 1.58. The van der Waals surface area contributed by atoms with Gasteiger partial charge < -0.3 is 19.7 Å². The molecule has 2 heterocycles. The normalized spacial score (nSPS) is 26.1. The number of likely N-dealkylation sites (tertiary alicyclic amines) is 1. The van der Waals surface area contributed by atoms with E-state index in [1.54, 1.807) is 11.8 Å². The number of carbonyl (C=O) groups is 2. The molecule has 0 aromatic heterocycles. The third kappa shape index (κ3) is 3.79. The smallest absolute Gasteiger partial charge is 0.416 e. The van der Waals surface area contributed by atoms with Gasteiger partial charge in [0.25, 0.3) is 0 Å². The second-order valence-electron chi connectivity index (χ2n) is 8.30. The molecule has 3 fully saturated rings. The molecule has 30 heavy (non-hydrogen) atoms. The van der Waals surface area contributed by atoms with Gasteiger partial charge in [-0.1, -0.05) is 6.92 Å². The van der Waals surface area contributed by atoms with Crippen molar-refractivity contribution in [2.75, 3.05) is 26.3 Å². The van der Waals surface area contributed by atoms with E-state index in [0.29, 0.717) is 32.0 Å². The molecule has 1 saturated carbocycles. The van der Waals surface area contributed by atoms with Crippen molar-refractivity contribution < 1.29 is 36.6 Å². The molecule has 10 heteroatoms. The van der Waals surface area contributed by atoms with Crippen molar-refractivity contribution in [2.24, 2.45) is 11.8 Å². The van der Waals surface area contributed by atoms with Gasteiger partial charge in [-0.3, -0.25) is 4.79 Å². The second-order valence-corrected chi connectivity index (χ2v) is 8.30. The number of carbonyl (C=O) groups excluding carboxylic acids is 2. The Bertz CT molecular complexity index is 861. The maximum Gasteiger partial charge on any atom is 0.416 e. The lowest BCUT2D eigenvalue weighted by Gasteiger charge is -2.47. The van der Waals surface area contributed by atoms with Crippen LogP contribution in [0.15, 0.2) is 12.1 Å². The highest BCUT2D eigenvalue weighted by atomic mass is 19.4. The Balaban J connectivity index is 1.26. The van der Waals surface area contributed by atoms with E-state index in [2.05, 4.69) is 5.32 Å². The minimum Gasteiger partial charge on any atom is -0.490 e. The van der Waals surface area contributed by atoms with Crippen molar-refractivity contribution in [2.45, 2.75) is 37.9 Å². The molecule has 0 bridgehead atoms. The summed E-state index contributed by atoms with van der Waals surface area (Å²) < 4.78 is 63.4. The van der Waals surface area contributed by atoms with E-state index in [4.69, 9.17) is 9.47 Å². The van der Waals surface area contributed by atoms with E-state index < -0.39 is 29.2 Å². The van der Waals surface area contributed by atoms with E-state index >= 15 is 0 Å².